The molecule has 1 aromatic carbocycles. The summed E-state index contributed by atoms with van der Waals surface area (Å²) in [5.74, 6) is 0.0984. The van der Waals surface area contributed by atoms with Crippen LogP contribution in [0.3, 0.4) is 0 Å². The van der Waals surface area contributed by atoms with Crippen molar-refractivity contribution in [3.05, 3.63) is 23.3 Å². The summed E-state index contributed by atoms with van der Waals surface area (Å²) in [6, 6.07) is 3.25. The van der Waals surface area contributed by atoms with E-state index in [2.05, 4.69) is 4.74 Å². The van der Waals surface area contributed by atoms with Crippen LogP contribution in [0, 0.1) is 0 Å². The van der Waals surface area contributed by atoms with Gasteiger partial charge in [-0.15, -0.1) is 0 Å². The first kappa shape index (κ1) is 15.3. The van der Waals surface area contributed by atoms with Crippen LogP contribution >= 0.6 is 0 Å². The standard InChI is InChI=1S/C13H18O6/c1-16-7-8-5-9(17-2)6-10(12(8)18-3)11(14)13(15)19-4/h5-6,11,14H,7H2,1-4H3. The maximum absolute atomic E-state index is 11.4. The Kier molecular flexibility index (Phi) is 5.59. The van der Waals surface area contributed by atoms with Crippen LogP contribution in [0.5, 0.6) is 11.5 Å². The summed E-state index contributed by atoms with van der Waals surface area (Å²) in [6.45, 7) is 0.265. The zero-order valence-corrected chi connectivity index (χ0v) is 11.4. The first-order valence-corrected chi connectivity index (χ1v) is 5.58. The van der Waals surface area contributed by atoms with Crippen LogP contribution in [0.15, 0.2) is 12.1 Å². The third-order valence-corrected chi connectivity index (χ3v) is 2.63. The monoisotopic (exact) mass is 270 g/mol. The first-order valence-electron chi connectivity index (χ1n) is 5.58. The summed E-state index contributed by atoms with van der Waals surface area (Å²) in [6.07, 6.45) is -1.44. The molecule has 0 fully saturated rings. The number of carbonyl (C=O) groups is 1. The Labute approximate surface area is 111 Å². The van der Waals surface area contributed by atoms with Gasteiger partial charge in [-0.05, 0) is 12.1 Å². The highest BCUT2D eigenvalue weighted by Gasteiger charge is 2.25. The zero-order chi connectivity index (χ0) is 14.4. The molecule has 1 rings (SSSR count). The van der Waals surface area contributed by atoms with E-state index in [-0.39, 0.29) is 12.2 Å². The van der Waals surface area contributed by atoms with Crippen molar-refractivity contribution < 1.29 is 28.8 Å². The van der Waals surface area contributed by atoms with E-state index in [9.17, 15) is 9.90 Å². The van der Waals surface area contributed by atoms with E-state index in [1.165, 1.54) is 34.5 Å². The van der Waals surface area contributed by atoms with Gasteiger partial charge in [0.05, 0.1) is 27.9 Å². The number of hydrogen-bond donors (Lipinski definition) is 1. The average Bonchev–Trinajstić information content (AvgIpc) is 2.44. The lowest BCUT2D eigenvalue weighted by atomic mass is 10.0. The second-order valence-electron chi connectivity index (χ2n) is 3.77. The van der Waals surface area contributed by atoms with Gasteiger partial charge in [-0.25, -0.2) is 4.79 Å². The van der Waals surface area contributed by atoms with E-state index < -0.39 is 12.1 Å². The lowest BCUT2D eigenvalue weighted by Crippen LogP contribution is -2.15. The highest BCUT2D eigenvalue weighted by molar-refractivity contribution is 5.77. The maximum atomic E-state index is 11.4. The van der Waals surface area contributed by atoms with Gasteiger partial charge >= 0.3 is 5.97 Å². The smallest absolute Gasteiger partial charge is 0.339 e. The van der Waals surface area contributed by atoms with Gasteiger partial charge in [0.1, 0.15) is 11.5 Å². The van der Waals surface area contributed by atoms with Crippen LogP contribution < -0.4 is 9.47 Å². The summed E-state index contributed by atoms with van der Waals surface area (Å²) in [7, 11) is 5.69. The van der Waals surface area contributed by atoms with Gasteiger partial charge in [-0.1, -0.05) is 0 Å². The number of methoxy groups -OCH3 is 4. The van der Waals surface area contributed by atoms with E-state index in [0.29, 0.717) is 17.1 Å². The summed E-state index contributed by atoms with van der Waals surface area (Å²) >= 11 is 0. The second-order valence-corrected chi connectivity index (χ2v) is 3.77. The fraction of sp³-hybridized carbons (Fsp3) is 0.462. The number of rotatable bonds is 6. The maximum Gasteiger partial charge on any atom is 0.339 e. The molecule has 0 aliphatic heterocycles. The highest BCUT2D eigenvalue weighted by Crippen LogP contribution is 2.34. The molecule has 6 heteroatoms. The molecule has 0 aliphatic rings. The first-order chi connectivity index (χ1) is 9.08. The van der Waals surface area contributed by atoms with E-state index in [0.717, 1.165) is 0 Å². The Balaban J connectivity index is 3.33. The molecule has 0 aromatic heterocycles. The molecule has 19 heavy (non-hydrogen) atoms. The van der Waals surface area contributed by atoms with E-state index in [4.69, 9.17) is 14.2 Å². The number of carbonyl (C=O) groups excluding carboxylic acids is 1. The summed E-state index contributed by atoms with van der Waals surface area (Å²) in [5.41, 5.74) is 0.947. The number of benzene rings is 1. The summed E-state index contributed by atoms with van der Waals surface area (Å²) in [4.78, 5) is 11.4. The van der Waals surface area contributed by atoms with Crippen LogP contribution in [0.25, 0.3) is 0 Å². The number of esters is 1. The van der Waals surface area contributed by atoms with Crippen molar-refractivity contribution in [3.8, 4) is 11.5 Å². The Morgan fingerprint density at radius 3 is 2.37 bits per heavy atom. The number of aliphatic hydroxyl groups excluding tert-OH is 1. The molecule has 6 nitrogen and oxygen atoms in total. The molecule has 1 atom stereocenters. The second kappa shape index (κ2) is 6.96. The highest BCUT2D eigenvalue weighted by atomic mass is 16.5. The molecule has 0 bridgehead atoms. The Bertz CT molecular complexity index is 443. The fourth-order valence-corrected chi connectivity index (χ4v) is 1.75. The lowest BCUT2D eigenvalue weighted by Gasteiger charge is -2.17. The molecular formula is C13H18O6. The van der Waals surface area contributed by atoms with Crippen molar-refractivity contribution in [2.45, 2.75) is 12.7 Å². The Morgan fingerprint density at radius 1 is 1.21 bits per heavy atom. The molecule has 1 N–H and O–H groups in total. The minimum absolute atomic E-state index is 0.265. The SMILES string of the molecule is COCc1cc(OC)cc(C(O)C(=O)OC)c1OC. The molecule has 0 amide bonds. The summed E-state index contributed by atoms with van der Waals surface area (Å²) < 4.78 is 20.0. The molecule has 0 radical (unpaired) electrons. The van der Waals surface area contributed by atoms with Crippen molar-refractivity contribution in [2.24, 2.45) is 0 Å². The largest absolute Gasteiger partial charge is 0.497 e. The number of hydrogen-bond acceptors (Lipinski definition) is 6. The van der Waals surface area contributed by atoms with Crippen LogP contribution in [-0.4, -0.2) is 39.5 Å². The van der Waals surface area contributed by atoms with E-state index >= 15 is 0 Å². The average molecular weight is 270 g/mol. The molecular weight excluding hydrogens is 252 g/mol. The van der Waals surface area contributed by atoms with Gasteiger partial charge in [0, 0.05) is 18.2 Å². The van der Waals surface area contributed by atoms with E-state index in [1.54, 1.807) is 6.07 Å². The van der Waals surface area contributed by atoms with Gasteiger partial charge in [0.25, 0.3) is 0 Å². The molecule has 1 aromatic rings. The Hall–Kier alpha value is -1.79. The topological polar surface area (TPSA) is 74.2 Å². The molecule has 0 spiro atoms. The van der Waals surface area contributed by atoms with Crippen LogP contribution in [-0.2, 0) is 20.9 Å². The van der Waals surface area contributed by atoms with Crippen LogP contribution in [0.1, 0.15) is 17.2 Å². The van der Waals surface area contributed by atoms with Gasteiger partial charge in [-0.3, -0.25) is 0 Å². The molecule has 0 saturated heterocycles. The van der Waals surface area contributed by atoms with Crippen molar-refractivity contribution in [1.29, 1.82) is 0 Å². The van der Waals surface area contributed by atoms with Crippen LogP contribution in [0.2, 0.25) is 0 Å². The van der Waals surface area contributed by atoms with Gasteiger partial charge in [0.2, 0.25) is 0 Å². The number of ether oxygens (including phenoxy) is 4. The summed E-state index contributed by atoms with van der Waals surface area (Å²) in [5, 5.41) is 9.96. The third-order valence-electron chi connectivity index (χ3n) is 2.63. The minimum Gasteiger partial charge on any atom is -0.497 e. The van der Waals surface area contributed by atoms with Crippen LogP contribution in [0.4, 0.5) is 0 Å². The van der Waals surface area contributed by atoms with Gasteiger partial charge < -0.3 is 24.1 Å². The fourth-order valence-electron chi connectivity index (χ4n) is 1.75. The molecule has 0 heterocycles. The van der Waals surface area contributed by atoms with Crippen molar-refractivity contribution in [3.63, 3.8) is 0 Å². The predicted octanol–water partition coefficient (Wildman–Crippen LogP) is 1.06. The quantitative estimate of drug-likeness (QED) is 0.779. The molecule has 1 unspecified atom stereocenters. The minimum atomic E-state index is -1.44. The van der Waals surface area contributed by atoms with Crippen molar-refractivity contribution >= 4 is 5.97 Å². The van der Waals surface area contributed by atoms with Crippen molar-refractivity contribution in [2.75, 3.05) is 28.4 Å². The Morgan fingerprint density at radius 2 is 1.89 bits per heavy atom. The molecule has 0 saturated carbocycles. The number of aliphatic hydroxyl groups is 1. The molecule has 0 aliphatic carbocycles. The van der Waals surface area contributed by atoms with E-state index in [1.807, 2.05) is 0 Å². The van der Waals surface area contributed by atoms with Gasteiger partial charge in [0.15, 0.2) is 6.10 Å². The third kappa shape index (κ3) is 3.36. The molecule has 106 valence electrons. The zero-order valence-electron chi connectivity index (χ0n) is 11.4. The van der Waals surface area contributed by atoms with Crippen molar-refractivity contribution in [1.82, 2.24) is 0 Å². The predicted molar refractivity (Wildman–Crippen MR) is 67.2 cm³/mol. The van der Waals surface area contributed by atoms with Gasteiger partial charge in [-0.2, -0.15) is 0 Å². The normalized spacial score (nSPS) is 11.8. The lowest BCUT2D eigenvalue weighted by molar-refractivity contribution is -0.150.